The van der Waals surface area contributed by atoms with Crippen molar-refractivity contribution in [3.05, 3.63) is 83.4 Å². The molecule has 160 valence electrons. The Balaban J connectivity index is 1.83. The minimum atomic E-state index is -3.50. The Labute approximate surface area is 178 Å². The van der Waals surface area contributed by atoms with Crippen molar-refractivity contribution in [2.45, 2.75) is 50.3 Å². The molecule has 0 unspecified atom stereocenters. The zero-order valence-corrected chi connectivity index (χ0v) is 18.4. The molecule has 0 amide bonds. The third-order valence-electron chi connectivity index (χ3n) is 5.04. The molecule has 2 aromatic carbocycles. The highest BCUT2D eigenvalue weighted by atomic mass is 32.2. The first kappa shape index (κ1) is 22.2. The Hall–Kier alpha value is -2.51. The number of rotatable bonds is 9. The van der Waals surface area contributed by atoms with E-state index in [1.165, 1.54) is 12.1 Å². The van der Waals surface area contributed by atoms with Gasteiger partial charge in [0.15, 0.2) is 0 Å². The fraction of sp³-hybridized carbons (Fsp3) is 0.348. The van der Waals surface area contributed by atoms with E-state index in [4.69, 9.17) is 0 Å². The number of aryl methyl sites for hydroxylation is 1. The van der Waals surface area contributed by atoms with Gasteiger partial charge in [-0.1, -0.05) is 42.5 Å². The number of halogens is 1. The number of nitrogens with zero attached hydrogens (tertiary/aromatic N) is 3. The average molecular weight is 430 g/mol. The van der Waals surface area contributed by atoms with Gasteiger partial charge >= 0.3 is 0 Å². The van der Waals surface area contributed by atoms with Gasteiger partial charge in [0.1, 0.15) is 5.82 Å². The van der Waals surface area contributed by atoms with Gasteiger partial charge in [0.2, 0.25) is 15.0 Å². The second kappa shape index (κ2) is 9.53. The van der Waals surface area contributed by atoms with Gasteiger partial charge < -0.3 is 4.57 Å². The zero-order chi connectivity index (χ0) is 21.7. The van der Waals surface area contributed by atoms with Crippen LogP contribution in [0.4, 0.5) is 4.39 Å². The first-order valence-corrected chi connectivity index (χ1v) is 11.6. The van der Waals surface area contributed by atoms with Crippen molar-refractivity contribution in [2.24, 2.45) is 0 Å². The van der Waals surface area contributed by atoms with Crippen LogP contribution in [0.15, 0.2) is 66.0 Å². The SMILES string of the molecule is CC(C)S(=O)(=O)c1ncc(CN(C)Cc2ccc(F)cc2)n1CCc1ccccc1. The van der Waals surface area contributed by atoms with E-state index in [-0.39, 0.29) is 11.0 Å². The highest BCUT2D eigenvalue weighted by Gasteiger charge is 2.26. The van der Waals surface area contributed by atoms with Crippen molar-refractivity contribution in [3.8, 4) is 0 Å². The summed E-state index contributed by atoms with van der Waals surface area (Å²) in [4.78, 5) is 6.36. The van der Waals surface area contributed by atoms with Crippen LogP contribution in [-0.4, -0.2) is 35.2 Å². The summed E-state index contributed by atoms with van der Waals surface area (Å²) in [5.74, 6) is -0.260. The van der Waals surface area contributed by atoms with E-state index in [2.05, 4.69) is 9.88 Å². The van der Waals surface area contributed by atoms with Crippen molar-refractivity contribution in [2.75, 3.05) is 7.05 Å². The molecule has 1 aromatic heterocycles. The van der Waals surface area contributed by atoms with Gasteiger partial charge in [0.25, 0.3) is 0 Å². The summed E-state index contributed by atoms with van der Waals surface area (Å²) in [6, 6.07) is 16.4. The van der Waals surface area contributed by atoms with Gasteiger partial charge in [-0.05, 0) is 50.6 Å². The first-order chi connectivity index (χ1) is 14.3. The Morgan fingerprint density at radius 1 is 1.00 bits per heavy atom. The predicted molar refractivity (Wildman–Crippen MR) is 116 cm³/mol. The van der Waals surface area contributed by atoms with Crippen molar-refractivity contribution < 1.29 is 12.8 Å². The number of hydrogen-bond donors (Lipinski definition) is 0. The summed E-state index contributed by atoms with van der Waals surface area (Å²) in [6.45, 7) is 5.03. The van der Waals surface area contributed by atoms with Crippen LogP contribution < -0.4 is 0 Å². The number of aromatic nitrogens is 2. The van der Waals surface area contributed by atoms with E-state index in [1.807, 2.05) is 41.9 Å². The molecule has 0 radical (unpaired) electrons. The molecular weight excluding hydrogens is 401 g/mol. The van der Waals surface area contributed by atoms with E-state index in [0.29, 0.717) is 26.1 Å². The van der Waals surface area contributed by atoms with E-state index in [0.717, 1.165) is 16.8 Å². The van der Waals surface area contributed by atoms with Crippen LogP contribution in [0.1, 0.15) is 30.7 Å². The van der Waals surface area contributed by atoms with E-state index in [1.54, 1.807) is 32.2 Å². The molecule has 0 fully saturated rings. The minimum absolute atomic E-state index is 0.124. The number of sulfone groups is 1. The maximum Gasteiger partial charge on any atom is 0.228 e. The molecule has 30 heavy (non-hydrogen) atoms. The number of hydrogen-bond acceptors (Lipinski definition) is 4. The summed E-state index contributed by atoms with van der Waals surface area (Å²) in [6.07, 6.45) is 2.37. The van der Waals surface area contributed by atoms with Crippen LogP contribution in [-0.2, 0) is 35.9 Å². The molecule has 0 bridgehead atoms. The molecular formula is C23H28FN3O2S. The quantitative estimate of drug-likeness (QED) is 0.514. The second-order valence-electron chi connectivity index (χ2n) is 7.81. The number of benzene rings is 2. The molecule has 0 N–H and O–H groups in total. The van der Waals surface area contributed by atoms with E-state index in [9.17, 15) is 12.8 Å². The predicted octanol–water partition coefficient (Wildman–Crippen LogP) is 4.08. The molecule has 0 aliphatic heterocycles. The molecule has 3 aromatic rings. The van der Waals surface area contributed by atoms with Gasteiger partial charge in [0, 0.05) is 19.6 Å². The van der Waals surface area contributed by atoms with Crippen molar-refractivity contribution >= 4 is 9.84 Å². The topological polar surface area (TPSA) is 55.2 Å². The van der Waals surface area contributed by atoms with Crippen LogP contribution in [0.5, 0.6) is 0 Å². The van der Waals surface area contributed by atoms with Gasteiger partial charge in [-0.25, -0.2) is 17.8 Å². The Morgan fingerprint density at radius 3 is 2.30 bits per heavy atom. The number of imidazole rings is 1. The first-order valence-electron chi connectivity index (χ1n) is 10.0. The van der Waals surface area contributed by atoms with E-state index < -0.39 is 15.1 Å². The van der Waals surface area contributed by atoms with Crippen LogP contribution in [0.2, 0.25) is 0 Å². The van der Waals surface area contributed by atoms with Crippen LogP contribution in [0.25, 0.3) is 0 Å². The maximum atomic E-state index is 13.1. The lowest BCUT2D eigenvalue weighted by atomic mass is 10.1. The van der Waals surface area contributed by atoms with Crippen LogP contribution >= 0.6 is 0 Å². The molecule has 5 nitrogen and oxygen atoms in total. The molecule has 3 rings (SSSR count). The third-order valence-corrected chi connectivity index (χ3v) is 7.12. The largest absolute Gasteiger partial charge is 0.317 e. The molecule has 0 aliphatic carbocycles. The molecule has 0 spiro atoms. The molecule has 1 heterocycles. The smallest absolute Gasteiger partial charge is 0.228 e. The maximum absolute atomic E-state index is 13.1. The molecule has 0 aliphatic rings. The highest BCUT2D eigenvalue weighted by Crippen LogP contribution is 2.19. The second-order valence-corrected chi connectivity index (χ2v) is 10.2. The Kier molecular flexibility index (Phi) is 7.05. The lowest BCUT2D eigenvalue weighted by Gasteiger charge is -2.19. The van der Waals surface area contributed by atoms with Crippen LogP contribution in [0.3, 0.4) is 0 Å². The fourth-order valence-electron chi connectivity index (χ4n) is 3.31. The third kappa shape index (κ3) is 5.34. The molecule has 7 heteroatoms. The van der Waals surface area contributed by atoms with Gasteiger partial charge in [-0.15, -0.1) is 0 Å². The summed E-state index contributed by atoms with van der Waals surface area (Å²) in [7, 11) is -1.55. The van der Waals surface area contributed by atoms with Gasteiger partial charge in [-0.3, -0.25) is 4.90 Å². The lowest BCUT2D eigenvalue weighted by Crippen LogP contribution is -2.23. The average Bonchev–Trinajstić information content (AvgIpc) is 3.12. The Bertz CT molecular complexity index is 1060. The van der Waals surface area contributed by atoms with E-state index >= 15 is 0 Å². The van der Waals surface area contributed by atoms with Crippen LogP contribution in [0, 0.1) is 5.82 Å². The van der Waals surface area contributed by atoms with Gasteiger partial charge in [-0.2, -0.15) is 0 Å². The minimum Gasteiger partial charge on any atom is -0.317 e. The summed E-state index contributed by atoms with van der Waals surface area (Å²) in [5.41, 5.74) is 2.98. The van der Waals surface area contributed by atoms with Crippen molar-refractivity contribution in [1.82, 2.24) is 14.5 Å². The lowest BCUT2D eigenvalue weighted by molar-refractivity contribution is 0.307. The fourth-order valence-corrected chi connectivity index (χ4v) is 4.45. The van der Waals surface area contributed by atoms with Crippen molar-refractivity contribution in [1.29, 1.82) is 0 Å². The monoisotopic (exact) mass is 429 g/mol. The normalized spacial score (nSPS) is 12.1. The van der Waals surface area contributed by atoms with Crippen molar-refractivity contribution in [3.63, 3.8) is 0 Å². The summed E-state index contributed by atoms with van der Waals surface area (Å²) >= 11 is 0. The molecule has 0 saturated carbocycles. The Morgan fingerprint density at radius 2 is 1.67 bits per heavy atom. The zero-order valence-electron chi connectivity index (χ0n) is 17.6. The summed E-state index contributed by atoms with van der Waals surface area (Å²) < 4.78 is 40.7. The molecule has 0 saturated heterocycles. The van der Waals surface area contributed by atoms with Gasteiger partial charge in [0.05, 0.1) is 17.1 Å². The summed E-state index contributed by atoms with van der Waals surface area (Å²) in [5, 5.41) is -0.418. The molecule has 0 atom stereocenters. The standard InChI is InChI=1S/C23H28FN3O2S/c1-18(2)30(28,29)23-25-15-22(27(23)14-13-19-7-5-4-6-8-19)17-26(3)16-20-9-11-21(24)12-10-20/h4-12,15,18H,13-14,16-17H2,1-3H3. The highest BCUT2D eigenvalue weighted by molar-refractivity contribution is 7.91.